The zero-order valence-electron chi connectivity index (χ0n) is 17.9. The molecule has 10 heteroatoms. The third-order valence-electron chi connectivity index (χ3n) is 5.68. The van der Waals surface area contributed by atoms with Crippen molar-refractivity contribution < 1.29 is 13.9 Å². The molecule has 0 saturated heterocycles. The molecule has 1 saturated carbocycles. The molecule has 1 amide bonds. The Balaban J connectivity index is 1.31. The molecule has 1 atom stereocenters. The summed E-state index contributed by atoms with van der Waals surface area (Å²) >= 11 is 1.28. The molecule has 1 fully saturated rings. The molecule has 32 heavy (non-hydrogen) atoms. The summed E-state index contributed by atoms with van der Waals surface area (Å²) in [5.74, 6) is -0.271. The molecule has 0 aliphatic heterocycles. The van der Waals surface area contributed by atoms with Crippen LogP contribution in [-0.4, -0.2) is 39.5 Å². The van der Waals surface area contributed by atoms with Crippen LogP contribution in [0, 0.1) is 12.7 Å². The Kier molecular flexibility index (Phi) is 7.01. The topological polar surface area (TPSA) is 102 Å². The van der Waals surface area contributed by atoms with Crippen LogP contribution in [0.1, 0.15) is 54.5 Å². The molecular formula is C22H25FN6O2S. The van der Waals surface area contributed by atoms with Crippen molar-refractivity contribution in [1.29, 1.82) is 0 Å². The number of nitrogens with one attached hydrogen (secondary N) is 2. The van der Waals surface area contributed by atoms with Gasteiger partial charge in [0.25, 0.3) is 5.91 Å². The van der Waals surface area contributed by atoms with E-state index in [1.165, 1.54) is 24.5 Å². The second kappa shape index (κ2) is 10.1. The lowest BCUT2D eigenvalue weighted by Gasteiger charge is -2.28. The van der Waals surface area contributed by atoms with Gasteiger partial charge in [0.15, 0.2) is 6.10 Å². The number of amides is 1. The minimum atomic E-state index is -0.869. The Bertz CT molecular complexity index is 1060. The van der Waals surface area contributed by atoms with Crippen LogP contribution in [0.4, 0.5) is 14.7 Å². The molecule has 0 spiro atoms. The second-order valence-corrected chi connectivity index (χ2v) is 8.84. The van der Waals surface area contributed by atoms with E-state index in [0.717, 1.165) is 31.4 Å². The number of ether oxygens (including phenoxy) is 1. The SMILES string of the molecule is CO[C@H](C(=O)Nc1nnc(NC2CCC(c3cccnn3)CC2)s1)c1ccc(F)c(C)c1. The van der Waals surface area contributed by atoms with Gasteiger partial charge < -0.3 is 10.1 Å². The average molecular weight is 457 g/mol. The number of hydrogen-bond donors (Lipinski definition) is 2. The molecule has 0 unspecified atom stereocenters. The van der Waals surface area contributed by atoms with Gasteiger partial charge in [-0.3, -0.25) is 10.1 Å². The van der Waals surface area contributed by atoms with Crippen LogP contribution in [0.2, 0.25) is 0 Å². The fraction of sp³-hybridized carbons (Fsp3) is 0.409. The third kappa shape index (κ3) is 5.25. The van der Waals surface area contributed by atoms with Gasteiger partial charge in [0.1, 0.15) is 5.82 Å². The van der Waals surface area contributed by atoms with E-state index >= 15 is 0 Å². The summed E-state index contributed by atoms with van der Waals surface area (Å²) in [5, 5.41) is 23.6. The lowest BCUT2D eigenvalue weighted by Crippen LogP contribution is -2.25. The van der Waals surface area contributed by atoms with Crippen LogP contribution < -0.4 is 10.6 Å². The Labute approximate surface area is 189 Å². The highest BCUT2D eigenvalue weighted by molar-refractivity contribution is 7.19. The highest BCUT2D eigenvalue weighted by Gasteiger charge is 2.25. The maximum absolute atomic E-state index is 13.5. The molecule has 8 nitrogen and oxygen atoms in total. The molecule has 2 heterocycles. The van der Waals surface area contributed by atoms with Crippen molar-refractivity contribution in [3.05, 3.63) is 59.2 Å². The van der Waals surface area contributed by atoms with E-state index < -0.39 is 6.10 Å². The van der Waals surface area contributed by atoms with Gasteiger partial charge in [-0.05, 0) is 61.9 Å². The molecular weight excluding hydrogens is 431 g/mol. The molecule has 2 N–H and O–H groups in total. The molecule has 1 aromatic carbocycles. The minimum absolute atomic E-state index is 0.299. The number of nitrogens with zero attached hydrogens (tertiary/aromatic N) is 4. The van der Waals surface area contributed by atoms with E-state index in [1.807, 2.05) is 12.1 Å². The number of methoxy groups -OCH3 is 1. The molecule has 0 radical (unpaired) electrons. The van der Waals surface area contributed by atoms with Gasteiger partial charge in [0.2, 0.25) is 10.3 Å². The van der Waals surface area contributed by atoms with Crippen molar-refractivity contribution in [2.24, 2.45) is 0 Å². The van der Waals surface area contributed by atoms with Crippen LogP contribution in [0.15, 0.2) is 36.5 Å². The summed E-state index contributed by atoms with van der Waals surface area (Å²) < 4.78 is 18.9. The van der Waals surface area contributed by atoms with Gasteiger partial charge in [-0.15, -0.1) is 10.2 Å². The summed E-state index contributed by atoms with van der Waals surface area (Å²) in [6, 6.07) is 8.73. The molecule has 3 aromatic rings. The zero-order chi connectivity index (χ0) is 22.5. The van der Waals surface area contributed by atoms with E-state index in [4.69, 9.17) is 4.74 Å². The number of benzene rings is 1. The average Bonchev–Trinajstić information content (AvgIpc) is 3.24. The van der Waals surface area contributed by atoms with Crippen molar-refractivity contribution in [3.63, 3.8) is 0 Å². The Hall–Kier alpha value is -2.98. The maximum Gasteiger partial charge on any atom is 0.259 e. The minimum Gasteiger partial charge on any atom is -0.367 e. The van der Waals surface area contributed by atoms with Crippen molar-refractivity contribution in [2.45, 2.75) is 50.7 Å². The van der Waals surface area contributed by atoms with E-state index in [2.05, 4.69) is 31.0 Å². The van der Waals surface area contributed by atoms with Crippen molar-refractivity contribution >= 4 is 27.5 Å². The van der Waals surface area contributed by atoms with Crippen molar-refractivity contribution in [1.82, 2.24) is 20.4 Å². The third-order valence-corrected chi connectivity index (χ3v) is 6.45. The first-order valence-electron chi connectivity index (χ1n) is 10.5. The molecule has 2 aromatic heterocycles. The van der Waals surface area contributed by atoms with Gasteiger partial charge >= 0.3 is 0 Å². The van der Waals surface area contributed by atoms with E-state index in [0.29, 0.717) is 33.3 Å². The monoisotopic (exact) mass is 456 g/mol. The summed E-state index contributed by atoms with van der Waals surface area (Å²) in [7, 11) is 1.44. The van der Waals surface area contributed by atoms with Gasteiger partial charge in [-0.1, -0.05) is 23.5 Å². The predicted molar refractivity (Wildman–Crippen MR) is 120 cm³/mol. The first kappa shape index (κ1) is 22.2. The molecule has 1 aliphatic carbocycles. The number of halogens is 1. The number of carbonyl (C=O) groups excluding carboxylic acids is 1. The van der Waals surface area contributed by atoms with Gasteiger partial charge in [-0.2, -0.15) is 10.2 Å². The quantitative estimate of drug-likeness (QED) is 0.548. The number of carbonyl (C=O) groups is 1. The Morgan fingerprint density at radius 3 is 2.62 bits per heavy atom. The molecule has 0 bridgehead atoms. The standard InChI is InChI=1S/C22H25FN6O2S/c1-13-12-15(7-10-17(13)23)19(31-2)20(30)26-22-29-28-21(32-22)25-16-8-5-14(6-9-16)18-4-3-11-24-27-18/h3-4,7,10-12,14,16,19H,5-6,8-9H2,1-2H3,(H,25,28)(H,26,29,30)/t14?,16?,19-/m0/s1. The Morgan fingerprint density at radius 2 is 1.94 bits per heavy atom. The molecule has 1 aliphatic rings. The maximum atomic E-state index is 13.5. The molecule has 168 valence electrons. The van der Waals surface area contributed by atoms with Crippen LogP contribution >= 0.6 is 11.3 Å². The largest absolute Gasteiger partial charge is 0.367 e. The summed E-state index contributed by atoms with van der Waals surface area (Å²) in [4.78, 5) is 12.7. The fourth-order valence-corrected chi connectivity index (χ4v) is 4.69. The van der Waals surface area contributed by atoms with Crippen LogP contribution in [0.5, 0.6) is 0 Å². The lowest BCUT2D eigenvalue weighted by molar-refractivity contribution is -0.126. The van der Waals surface area contributed by atoms with E-state index in [1.54, 1.807) is 25.3 Å². The predicted octanol–water partition coefficient (Wildman–Crippen LogP) is 4.24. The van der Waals surface area contributed by atoms with Crippen LogP contribution in [0.3, 0.4) is 0 Å². The van der Waals surface area contributed by atoms with Crippen LogP contribution in [-0.2, 0) is 9.53 Å². The summed E-state index contributed by atoms with van der Waals surface area (Å²) in [5.41, 5.74) is 2.08. The summed E-state index contributed by atoms with van der Waals surface area (Å²) in [6.45, 7) is 1.65. The number of hydrogen-bond acceptors (Lipinski definition) is 8. The summed E-state index contributed by atoms with van der Waals surface area (Å²) in [6.07, 6.45) is 4.89. The number of aryl methyl sites for hydroxylation is 1. The Morgan fingerprint density at radius 1 is 1.16 bits per heavy atom. The zero-order valence-corrected chi connectivity index (χ0v) is 18.7. The normalized spacial score (nSPS) is 19.3. The number of aromatic nitrogens is 4. The van der Waals surface area contributed by atoms with Gasteiger partial charge in [-0.25, -0.2) is 4.39 Å². The fourth-order valence-electron chi connectivity index (χ4n) is 3.97. The number of rotatable bonds is 7. The second-order valence-electron chi connectivity index (χ2n) is 7.87. The first-order chi connectivity index (χ1) is 15.5. The van der Waals surface area contributed by atoms with Gasteiger partial charge in [0, 0.05) is 25.3 Å². The van der Waals surface area contributed by atoms with Crippen molar-refractivity contribution in [2.75, 3.05) is 17.7 Å². The highest BCUT2D eigenvalue weighted by atomic mass is 32.1. The first-order valence-corrected chi connectivity index (χ1v) is 11.3. The van der Waals surface area contributed by atoms with Crippen molar-refractivity contribution in [3.8, 4) is 0 Å². The van der Waals surface area contributed by atoms with Gasteiger partial charge in [0.05, 0.1) is 5.69 Å². The smallest absolute Gasteiger partial charge is 0.259 e. The molecule has 4 rings (SSSR count). The number of anilines is 2. The van der Waals surface area contributed by atoms with E-state index in [9.17, 15) is 9.18 Å². The highest BCUT2D eigenvalue weighted by Crippen LogP contribution is 2.33. The lowest BCUT2D eigenvalue weighted by atomic mass is 9.84. The van der Waals surface area contributed by atoms with E-state index in [-0.39, 0.29) is 11.7 Å². The van der Waals surface area contributed by atoms with Crippen LogP contribution in [0.25, 0.3) is 0 Å².